The van der Waals surface area contributed by atoms with Crippen molar-refractivity contribution in [1.29, 1.82) is 0 Å². The van der Waals surface area contributed by atoms with Crippen LogP contribution < -0.4 is 0 Å². The van der Waals surface area contributed by atoms with Crippen molar-refractivity contribution in [1.82, 2.24) is 0 Å². The second-order valence-corrected chi connectivity index (χ2v) is 3.98. The first-order chi connectivity index (χ1) is 9.56. The van der Waals surface area contributed by atoms with E-state index < -0.39 is 11.5 Å². The molecule has 5 heteroatoms. The number of carbonyl (C=O) groups excluding carboxylic acids is 1. The van der Waals surface area contributed by atoms with Crippen LogP contribution in [0, 0.1) is 0 Å². The van der Waals surface area contributed by atoms with E-state index in [2.05, 4.69) is 0 Å². The Hall–Kier alpha value is -2.95. The number of ketones is 1. The van der Waals surface area contributed by atoms with Crippen LogP contribution in [0.2, 0.25) is 0 Å². The molecular formula is C15H12O5. The molecule has 2 rings (SSSR count). The lowest BCUT2D eigenvalue weighted by Crippen LogP contribution is -1.91. The molecule has 0 aliphatic rings. The Bertz CT molecular complexity index is 666. The van der Waals surface area contributed by atoms with E-state index in [9.17, 15) is 20.1 Å². The first kappa shape index (κ1) is 13.5. The fraction of sp³-hybridized carbons (Fsp3) is 0. The number of phenolic OH excluding ortho intramolecular Hbond substituents is 2. The molecular weight excluding hydrogens is 260 g/mol. The third kappa shape index (κ3) is 3.29. The highest BCUT2D eigenvalue weighted by Crippen LogP contribution is 2.27. The van der Waals surface area contributed by atoms with Crippen LogP contribution in [0.1, 0.15) is 11.3 Å². The maximum Gasteiger partial charge on any atom is 0.182 e. The van der Waals surface area contributed by atoms with E-state index in [-0.39, 0.29) is 17.1 Å². The molecule has 3 N–H and O–H groups in total. The van der Waals surface area contributed by atoms with Crippen molar-refractivity contribution in [2.24, 2.45) is 0 Å². The fourth-order valence-corrected chi connectivity index (χ4v) is 1.54. The van der Waals surface area contributed by atoms with Gasteiger partial charge in [0.1, 0.15) is 23.0 Å². The molecule has 0 spiro atoms. The summed E-state index contributed by atoms with van der Waals surface area (Å²) in [6.07, 6.45) is 5.08. The zero-order chi connectivity index (χ0) is 14.5. The van der Waals surface area contributed by atoms with Crippen molar-refractivity contribution in [3.05, 3.63) is 60.1 Å². The molecule has 0 saturated heterocycles. The Labute approximate surface area is 114 Å². The Morgan fingerprint density at radius 1 is 1.20 bits per heavy atom. The summed E-state index contributed by atoms with van der Waals surface area (Å²) in [6, 6.07) is 7.00. The number of aliphatic hydroxyl groups excluding tert-OH is 1. The van der Waals surface area contributed by atoms with Crippen LogP contribution in [0.15, 0.2) is 53.2 Å². The Morgan fingerprint density at radius 2 is 2.00 bits per heavy atom. The maximum absolute atomic E-state index is 11.6. The van der Waals surface area contributed by atoms with E-state index in [4.69, 9.17) is 4.42 Å². The van der Waals surface area contributed by atoms with E-state index in [1.54, 1.807) is 12.1 Å². The van der Waals surface area contributed by atoms with Gasteiger partial charge in [0.15, 0.2) is 5.78 Å². The van der Waals surface area contributed by atoms with Crippen LogP contribution >= 0.6 is 0 Å². The van der Waals surface area contributed by atoms with Gasteiger partial charge in [0.25, 0.3) is 0 Å². The highest BCUT2D eigenvalue weighted by Gasteiger charge is 2.08. The molecule has 0 unspecified atom stereocenters. The number of hydrogen-bond acceptors (Lipinski definition) is 5. The predicted molar refractivity (Wildman–Crippen MR) is 73.1 cm³/mol. The van der Waals surface area contributed by atoms with Crippen molar-refractivity contribution < 1.29 is 24.5 Å². The number of carbonyl (C=O) groups is 1. The van der Waals surface area contributed by atoms with Crippen LogP contribution in [-0.2, 0) is 4.79 Å². The van der Waals surface area contributed by atoms with E-state index in [1.807, 2.05) is 0 Å². The molecule has 0 amide bonds. The minimum absolute atomic E-state index is 0.0234. The molecule has 0 bridgehead atoms. The van der Waals surface area contributed by atoms with E-state index in [0.717, 1.165) is 12.1 Å². The smallest absolute Gasteiger partial charge is 0.182 e. The number of aromatic hydroxyl groups is 2. The molecule has 1 heterocycles. The number of allylic oxidation sites excluding steroid dienone is 2. The second-order valence-electron chi connectivity index (χ2n) is 3.98. The van der Waals surface area contributed by atoms with Gasteiger partial charge in [-0.25, -0.2) is 0 Å². The number of phenols is 2. The standard InChI is InChI=1S/C15H12O5/c16-10-4-6-14(18)13(8-10)15(19)9-11(17)3-5-12-2-1-7-20-12/h1-9,16,18-19H/b5-3+,15-9-. The van der Waals surface area contributed by atoms with Crippen molar-refractivity contribution in [3.8, 4) is 11.5 Å². The molecule has 1 aromatic carbocycles. The zero-order valence-corrected chi connectivity index (χ0v) is 10.4. The van der Waals surface area contributed by atoms with Crippen LogP contribution in [0.4, 0.5) is 0 Å². The highest BCUT2D eigenvalue weighted by atomic mass is 16.3. The third-order valence-electron chi connectivity index (χ3n) is 2.49. The molecule has 1 aromatic heterocycles. The van der Waals surface area contributed by atoms with Gasteiger partial charge < -0.3 is 19.7 Å². The van der Waals surface area contributed by atoms with Gasteiger partial charge in [-0.1, -0.05) is 0 Å². The summed E-state index contributed by atoms with van der Waals surface area (Å²) < 4.78 is 5.01. The SMILES string of the molecule is O=C(/C=C(\O)c1cc(O)ccc1O)/C=C/c1ccco1. The van der Waals surface area contributed by atoms with Crippen LogP contribution in [-0.4, -0.2) is 21.1 Å². The minimum atomic E-state index is -0.485. The van der Waals surface area contributed by atoms with Gasteiger partial charge in [0.2, 0.25) is 0 Å². The van der Waals surface area contributed by atoms with Crippen LogP contribution in [0.5, 0.6) is 11.5 Å². The Morgan fingerprint density at radius 3 is 2.70 bits per heavy atom. The molecule has 102 valence electrons. The molecule has 0 aliphatic heterocycles. The Balaban J connectivity index is 2.17. The van der Waals surface area contributed by atoms with Gasteiger partial charge in [0, 0.05) is 6.08 Å². The largest absolute Gasteiger partial charge is 0.508 e. The minimum Gasteiger partial charge on any atom is -0.508 e. The molecule has 5 nitrogen and oxygen atoms in total. The molecule has 0 saturated carbocycles. The number of rotatable bonds is 4. The van der Waals surface area contributed by atoms with E-state index in [0.29, 0.717) is 5.76 Å². The summed E-state index contributed by atoms with van der Waals surface area (Å²) in [5, 5.41) is 28.6. The molecule has 2 aromatic rings. The molecule has 0 fully saturated rings. The van der Waals surface area contributed by atoms with Crippen molar-refractivity contribution in [2.75, 3.05) is 0 Å². The Kier molecular flexibility index (Phi) is 3.91. The summed E-state index contributed by atoms with van der Waals surface area (Å²) in [5.41, 5.74) is -0.0234. The van der Waals surface area contributed by atoms with Gasteiger partial charge in [0.05, 0.1) is 11.8 Å². The van der Waals surface area contributed by atoms with Gasteiger partial charge >= 0.3 is 0 Å². The molecule has 0 atom stereocenters. The first-order valence-electron chi connectivity index (χ1n) is 5.75. The van der Waals surface area contributed by atoms with Crippen molar-refractivity contribution >= 4 is 17.6 Å². The lowest BCUT2D eigenvalue weighted by molar-refractivity contribution is -0.110. The average Bonchev–Trinajstić information content (AvgIpc) is 2.92. The monoisotopic (exact) mass is 272 g/mol. The lowest BCUT2D eigenvalue weighted by Gasteiger charge is -2.03. The number of furan rings is 1. The normalized spacial score (nSPS) is 11.9. The summed E-state index contributed by atoms with van der Waals surface area (Å²) in [5.74, 6) is -0.781. The second kappa shape index (κ2) is 5.79. The van der Waals surface area contributed by atoms with Gasteiger partial charge in [-0.05, 0) is 42.5 Å². The lowest BCUT2D eigenvalue weighted by atomic mass is 10.1. The quantitative estimate of drug-likeness (QED) is 0.452. The fourth-order valence-electron chi connectivity index (χ4n) is 1.54. The summed E-state index contributed by atoms with van der Waals surface area (Å²) in [7, 11) is 0. The van der Waals surface area contributed by atoms with Crippen LogP contribution in [0.25, 0.3) is 11.8 Å². The molecule has 20 heavy (non-hydrogen) atoms. The summed E-state index contributed by atoms with van der Waals surface area (Å²) in [4.78, 5) is 11.6. The predicted octanol–water partition coefficient (Wildman–Crippen LogP) is 2.87. The topological polar surface area (TPSA) is 90.9 Å². The van der Waals surface area contributed by atoms with E-state index >= 15 is 0 Å². The number of aliphatic hydroxyl groups is 1. The van der Waals surface area contributed by atoms with Gasteiger partial charge in [-0.2, -0.15) is 0 Å². The zero-order valence-electron chi connectivity index (χ0n) is 10.4. The number of hydrogen-bond donors (Lipinski definition) is 3. The third-order valence-corrected chi connectivity index (χ3v) is 2.49. The van der Waals surface area contributed by atoms with E-state index in [1.165, 1.54) is 30.5 Å². The summed E-state index contributed by atoms with van der Waals surface area (Å²) in [6.45, 7) is 0. The highest BCUT2D eigenvalue weighted by molar-refractivity contribution is 6.05. The average molecular weight is 272 g/mol. The van der Waals surface area contributed by atoms with Gasteiger partial charge in [-0.15, -0.1) is 0 Å². The summed E-state index contributed by atoms with van der Waals surface area (Å²) >= 11 is 0. The number of benzene rings is 1. The first-order valence-corrected chi connectivity index (χ1v) is 5.75. The molecule has 0 aliphatic carbocycles. The molecule has 0 radical (unpaired) electrons. The van der Waals surface area contributed by atoms with Crippen molar-refractivity contribution in [2.45, 2.75) is 0 Å². The van der Waals surface area contributed by atoms with Crippen molar-refractivity contribution in [3.63, 3.8) is 0 Å². The van der Waals surface area contributed by atoms with Gasteiger partial charge in [-0.3, -0.25) is 4.79 Å². The maximum atomic E-state index is 11.6. The van der Waals surface area contributed by atoms with Crippen LogP contribution in [0.3, 0.4) is 0 Å².